The number of ether oxygens (including phenoxy) is 2. The zero-order chi connectivity index (χ0) is 21.8. The molecular weight excluding hydrogens is 412 g/mol. The maximum atomic E-state index is 13.2. The van der Waals surface area contributed by atoms with E-state index in [0.717, 1.165) is 16.9 Å². The van der Waals surface area contributed by atoms with Crippen molar-refractivity contribution in [2.45, 2.75) is 32.9 Å². The van der Waals surface area contributed by atoms with E-state index >= 15 is 0 Å². The van der Waals surface area contributed by atoms with E-state index in [1.807, 2.05) is 61.5 Å². The Labute approximate surface area is 185 Å². The van der Waals surface area contributed by atoms with Gasteiger partial charge in [0, 0.05) is 12.2 Å². The van der Waals surface area contributed by atoms with Gasteiger partial charge in [-0.05, 0) is 37.1 Å². The quantitative estimate of drug-likeness (QED) is 0.625. The average Bonchev–Trinajstić information content (AvgIpc) is 2.78. The van der Waals surface area contributed by atoms with Crippen molar-refractivity contribution >= 4 is 28.8 Å². The first-order valence-electron chi connectivity index (χ1n) is 10.3. The summed E-state index contributed by atoms with van der Waals surface area (Å²) >= 11 is 1.53. The standard InChI is InChI=1S/C24H24N2O4S/c1-3-29-19-11-9-18(10-12-19)22-21(23(28)30-15-17-7-5-4-6-8-17)16(2)25-24-26(22)20(27)13-14-31-24/h4-12,22H,3,13-15H2,1-2H3/t22-/m1/s1. The van der Waals surface area contributed by atoms with Crippen LogP contribution >= 0.6 is 11.8 Å². The molecule has 4 rings (SSSR count). The third kappa shape index (κ3) is 4.51. The van der Waals surface area contributed by atoms with Crippen molar-refractivity contribution < 1.29 is 19.1 Å². The number of esters is 1. The number of hydrogen-bond acceptors (Lipinski definition) is 6. The van der Waals surface area contributed by atoms with Gasteiger partial charge in [0.25, 0.3) is 0 Å². The molecule has 0 aliphatic carbocycles. The van der Waals surface area contributed by atoms with Gasteiger partial charge >= 0.3 is 5.97 Å². The van der Waals surface area contributed by atoms with E-state index < -0.39 is 12.0 Å². The molecular formula is C24H24N2O4S. The monoisotopic (exact) mass is 436 g/mol. The minimum atomic E-state index is -0.577. The van der Waals surface area contributed by atoms with Crippen molar-refractivity contribution in [2.75, 3.05) is 12.4 Å². The Kier molecular flexibility index (Phi) is 6.42. The Balaban J connectivity index is 1.69. The van der Waals surface area contributed by atoms with Gasteiger partial charge in [-0.15, -0.1) is 0 Å². The number of amides is 1. The Bertz CT molecular complexity index is 1030. The molecule has 1 atom stereocenters. The second-order valence-corrected chi connectivity index (χ2v) is 8.28. The molecule has 0 aromatic heterocycles. The number of aliphatic imine (C=N–C) groups is 1. The lowest BCUT2D eigenvalue weighted by Crippen LogP contribution is -2.45. The molecule has 2 heterocycles. The van der Waals surface area contributed by atoms with Crippen LogP contribution in [0.4, 0.5) is 0 Å². The van der Waals surface area contributed by atoms with Gasteiger partial charge in [0.1, 0.15) is 12.4 Å². The smallest absolute Gasteiger partial charge is 0.338 e. The summed E-state index contributed by atoms with van der Waals surface area (Å²) < 4.78 is 11.2. The SMILES string of the molecule is CCOc1ccc([C@@H]2C(C(=O)OCc3ccccc3)=C(C)N=C3SCCC(=O)N32)cc1. The van der Waals surface area contributed by atoms with E-state index in [1.54, 1.807) is 11.8 Å². The van der Waals surface area contributed by atoms with Crippen LogP contribution in [0.5, 0.6) is 5.75 Å². The molecule has 0 unspecified atom stereocenters. The molecule has 7 heteroatoms. The maximum absolute atomic E-state index is 13.2. The second kappa shape index (κ2) is 9.39. The first-order valence-corrected chi connectivity index (χ1v) is 11.2. The third-order valence-electron chi connectivity index (χ3n) is 5.15. The highest BCUT2D eigenvalue weighted by atomic mass is 32.2. The fourth-order valence-electron chi connectivity index (χ4n) is 3.69. The highest BCUT2D eigenvalue weighted by Crippen LogP contribution is 2.40. The van der Waals surface area contributed by atoms with E-state index in [0.29, 0.717) is 35.2 Å². The minimum absolute atomic E-state index is 0.0442. The average molecular weight is 437 g/mol. The number of rotatable bonds is 6. The Hall–Kier alpha value is -3.06. The zero-order valence-corrected chi connectivity index (χ0v) is 18.4. The minimum Gasteiger partial charge on any atom is -0.494 e. The molecule has 160 valence electrons. The lowest BCUT2D eigenvalue weighted by Gasteiger charge is -2.38. The largest absolute Gasteiger partial charge is 0.494 e. The number of nitrogens with zero attached hydrogens (tertiary/aromatic N) is 2. The molecule has 0 spiro atoms. The first-order chi connectivity index (χ1) is 15.1. The number of fused-ring (bicyclic) bond motifs is 1. The number of benzene rings is 2. The fraction of sp³-hybridized carbons (Fsp3) is 0.292. The molecule has 0 N–H and O–H groups in total. The molecule has 31 heavy (non-hydrogen) atoms. The second-order valence-electron chi connectivity index (χ2n) is 7.22. The molecule has 2 aliphatic rings. The number of carbonyl (C=O) groups is 2. The topological polar surface area (TPSA) is 68.2 Å². The van der Waals surface area contributed by atoms with Gasteiger partial charge in [-0.25, -0.2) is 9.79 Å². The van der Waals surface area contributed by atoms with Crippen molar-refractivity contribution in [3.63, 3.8) is 0 Å². The van der Waals surface area contributed by atoms with Crippen LogP contribution < -0.4 is 4.74 Å². The highest BCUT2D eigenvalue weighted by molar-refractivity contribution is 8.14. The number of carbonyl (C=O) groups excluding carboxylic acids is 2. The third-order valence-corrected chi connectivity index (χ3v) is 6.10. The molecule has 1 fully saturated rings. The summed E-state index contributed by atoms with van der Waals surface area (Å²) in [4.78, 5) is 32.3. The zero-order valence-electron chi connectivity index (χ0n) is 17.5. The van der Waals surface area contributed by atoms with Crippen LogP contribution in [0.25, 0.3) is 0 Å². The predicted octanol–water partition coefficient (Wildman–Crippen LogP) is 4.48. The molecule has 0 saturated carbocycles. The number of hydrogen-bond donors (Lipinski definition) is 0. The van der Waals surface area contributed by atoms with Crippen molar-refractivity contribution in [1.29, 1.82) is 0 Å². The van der Waals surface area contributed by atoms with Crippen LogP contribution in [-0.2, 0) is 20.9 Å². The van der Waals surface area contributed by atoms with Crippen LogP contribution in [0.2, 0.25) is 0 Å². The Morgan fingerprint density at radius 3 is 2.61 bits per heavy atom. The summed E-state index contributed by atoms with van der Waals surface area (Å²) in [5.74, 6) is 0.915. The first kappa shape index (κ1) is 21.2. The van der Waals surface area contributed by atoms with Gasteiger partial charge in [-0.1, -0.05) is 54.2 Å². The molecule has 0 radical (unpaired) electrons. The summed E-state index contributed by atoms with van der Waals surface area (Å²) in [6.07, 6.45) is 0.405. The maximum Gasteiger partial charge on any atom is 0.338 e. The van der Waals surface area contributed by atoms with Crippen molar-refractivity contribution in [3.8, 4) is 5.75 Å². The summed E-state index contributed by atoms with van der Waals surface area (Å²) in [6, 6.07) is 16.4. The van der Waals surface area contributed by atoms with Gasteiger partial charge in [-0.2, -0.15) is 0 Å². The lowest BCUT2D eigenvalue weighted by molar-refractivity contribution is -0.141. The van der Waals surface area contributed by atoms with E-state index in [2.05, 4.69) is 4.99 Å². The molecule has 2 aromatic carbocycles. The number of allylic oxidation sites excluding steroid dienone is 1. The van der Waals surface area contributed by atoms with E-state index in [-0.39, 0.29) is 12.5 Å². The lowest BCUT2D eigenvalue weighted by atomic mass is 9.94. The molecule has 0 bridgehead atoms. The van der Waals surface area contributed by atoms with E-state index in [4.69, 9.17) is 9.47 Å². The molecule has 1 saturated heterocycles. The van der Waals surface area contributed by atoms with Crippen molar-refractivity contribution in [3.05, 3.63) is 77.0 Å². The fourth-order valence-corrected chi connectivity index (χ4v) is 4.69. The van der Waals surface area contributed by atoms with Crippen LogP contribution in [-0.4, -0.2) is 34.3 Å². The number of thioether (sulfide) groups is 1. The van der Waals surface area contributed by atoms with Gasteiger partial charge in [0.05, 0.1) is 23.9 Å². The summed E-state index contributed by atoms with van der Waals surface area (Å²) in [5.41, 5.74) is 2.68. The molecule has 2 aliphatic heterocycles. The van der Waals surface area contributed by atoms with Crippen LogP contribution in [0.1, 0.15) is 37.4 Å². The summed E-state index contributed by atoms with van der Waals surface area (Å²) in [6.45, 7) is 4.45. The molecule has 6 nitrogen and oxygen atoms in total. The molecule has 2 aromatic rings. The van der Waals surface area contributed by atoms with Gasteiger partial charge in [0.2, 0.25) is 5.91 Å². The highest BCUT2D eigenvalue weighted by Gasteiger charge is 2.41. The predicted molar refractivity (Wildman–Crippen MR) is 121 cm³/mol. The van der Waals surface area contributed by atoms with Crippen LogP contribution in [0, 0.1) is 0 Å². The molecule has 1 amide bonds. The van der Waals surface area contributed by atoms with Crippen molar-refractivity contribution in [1.82, 2.24) is 4.90 Å². The van der Waals surface area contributed by atoms with Crippen LogP contribution in [0.15, 0.2) is 70.9 Å². The number of amidine groups is 1. The van der Waals surface area contributed by atoms with E-state index in [9.17, 15) is 9.59 Å². The summed E-state index contributed by atoms with van der Waals surface area (Å²) in [5, 5.41) is 0.632. The Morgan fingerprint density at radius 1 is 1.16 bits per heavy atom. The van der Waals surface area contributed by atoms with Gasteiger partial charge in [-0.3, -0.25) is 9.69 Å². The van der Waals surface area contributed by atoms with Crippen LogP contribution in [0.3, 0.4) is 0 Å². The van der Waals surface area contributed by atoms with Gasteiger partial charge < -0.3 is 9.47 Å². The van der Waals surface area contributed by atoms with Crippen molar-refractivity contribution in [2.24, 2.45) is 4.99 Å². The normalized spacial score (nSPS) is 18.4. The summed E-state index contributed by atoms with van der Waals surface area (Å²) in [7, 11) is 0. The van der Waals surface area contributed by atoms with Gasteiger partial charge in [0.15, 0.2) is 5.17 Å². The van der Waals surface area contributed by atoms with E-state index in [1.165, 1.54) is 11.8 Å². The Morgan fingerprint density at radius 2 is 1.90 bits per heavy atom.